The van der Waals surface area contributed by atoms with Crippen molar-refractivity contribution < 1.29 is 4.39 Å². The van der Waals surface area contributed by atoms with Crippen LogP contribution in [0.3, 0.4) is 0 Å². The van der Waals surface area contributed by atoms with Gasteiger partial charge in [-0.25, -0.2) is 4.39 Å². The van der Waals surface area contributed by atoms with E-state index in [-0.39, 0.29) is 11.4 Å². The van der Waals surface area contributed by atoms with Crippen LogP contribution < -0.4 is 5.73 Å². The molecule has 0 aromatic heterocycles. The predicted octanol–water partition coefficient (Wildman–Crippen LogP) is 4.13. The fourth-order valence-corrected chi connectivity index (χ4v) is 3.09. The van der Waals surface area contributed by atoms with E-state index in [1.807, 2.05) is 12.1 Å². The van der Waals surface area contributed by atoms with E-state index in [4.69, 9.17) is 5.73 Å². The maximum Gasteiger partial charge on any atom is 0.126 e. The summed E-state index contributed by atoms with van der Waals surface area (Å²) in [6.07, 6.45) is 4.35. The van der Waals surface area contributed by atoms with Gasteiger partial charge in [0.25, 0.3) is 0 Å². The van der Waals surface area contributed by atoms with Crippen LogP contribution in [0.5, 0.6) is 0 Å². The minimum Gasteiger partial charge on any atom is -0.321 e. The van der Waals surface area contributed by atoms with Gasteiger partial charge in [-0.1, -0.05) is 38.8 Å². The van der Waals surface area contributed by atoms with Crippen LogP contribution >= 0.6 is 0 Å². The Balaban J connectivity index is 2.26. The van der Waals surface area contributed by atoms with E-state index in [9.17, 15) is 4.39 Å². The highest BCUT2D eigenvalue weighted by Gasteiger charge is 2.35. The molecular formula is C16H24FN. The largest absolute Gasteiger partial charge is 0.321 e. The summed E-state index contributed by atoms with van der Waals surface area (Å²) in [6.45, 7) is 6.30. The van der Waals surface area contributed by atoms with E-state index in [1.165, 1.54) is 6.42 Å². The first kappa shape index (κ1) is 13.5. The molecule has 1 aromatic rings. The second-order valence-electron chi connectivity index (χ2n) is 6.22. The molecule has 0 bridgehead atoms. The Morgan fingerprint density at radius 1 is 1.39 bits per heavy atom. The number of aryl methyl sites for hydroxylation is 1. The van der Waals surface area contributed by atoms with Crippen LogP contribution in [-0.2, 0) is 5.54 Å². The molecule has 0 spiro atoms. The quantitative estimate of drug-likeness (QED) is 0.837. The van der Waals surface area contributed by atoms with Crippen molar-refractivity contribution in [2.24, 2.45) is 17.6 Å². The first-order valence-electron chi connectivity index (χ1n) is 6.98. The third kappa shape index (κ3) is 2.59. The standard InChI is InChI=1S/C16H24FN/c1-11(2)13-5-4-8-16(18,10-13)14-7-6-12(3)15(17)9-14/h6-7,9,11,13H,4-5,8,10,18H2,1-3H3. The average Bonchev–Trinajstić information content (AvgIpc) is 2.32. The second kappa shape index (κ2) is 5.00. The Morgan fingerprint density at radius 3 is 2.72 bits per heavy atom. The third-order valence-electron chi connectivity index (χ3n) is 4.51. The van der Waals surface area contributed by atoms with Crippen LogP contribution in [0.2, 0.25) is 0 Å². The normalized spacial score (nSPS) is 28.7. The van der Waals surface area contributed by atoms with Crippen LogP contribution in [0.25, 0.3) is 0 Å². The average molecular weight is 249 g/mol. The summed E-state index contributed by atoms with van der Waals surface area (Å²) in [4.78, 5) is 0. The highest BCUT2D eigenvalue weighted by Crippen LogP contribution is 2.41. The van der Waals surface area contributed by atoms with Gasteiger partial charge in [-0.05, 0) is 48.8 Å². The van der Waals surface area contributed by atoms with Gasteiger partial charge in [-0.3, -0.25) is 0 Å². The summed E-state index contributed by atoms with van der Waals surface area (Å²) < 4.78 is 13.7. The number of hydrogen-bond acceptors (Lipinski definition) is 1. The fourth-order valence-electron chi connectivity index (χ4n) is 3.09. The number of nitrogens with two attached hydrogens (primary N) is 1. The molecule has 2 unspecified atom stereocenters. The van der Waals surface area contributed by atoms with Gasteiger partial charge < -0.3 is 5.73 Å². The second-order valence-corrected chi connectivity index (χ2v) is 6.22. The molecule has 1 saturated carbocycles. The maximum atomic E-state index is 13.7. The van der Waals surface area contributed by atoms with Crippen molar-refractivity contribution >= 4 is 0 Å². The van der Waals surface area contributed by atoms with Crippen LogP contribution in [0.1, 0.15) is 50.7 Å². The highest BCUT2D eigenvalue weighted by atomic mass is 19.1. The molecule has 1 aliphatic carbocycles. The van der Waals surface area contributed by atoms with Gasteiger partial charge in [0.2, 0.25) is 0 Å². The zero-order chi connectivity index (χ0) is 13.3. The summed E-state index contributed by atoms with van der Waals surface area (Å²) >= 11 is 0. The van der Waals surface area contributed by atoms with Gasteiger partial charge in [0, 0.05) is 5.54 Å². The molecule has 0 aliphatic heterocycles. The number of rotatable bonds is 2. The summed E-state index contributed by atoms with van der Waals surface area (Å²) in [6, 6.07) is 5.48. The molecule has 1 nitrogen and oxygen atoms in total. The lowest BCUT2D eigenvalue weighted by Gasteiger charge is -2.40. The van der Waals surface area contributed by atoms with Crippen molar-refractivity contribution in [1.82, 2.24) is 0 Å². The molecule has 2 heteroatoms. The van der Waals surface area contributed by atoms with Crippen molar-refractivity contribution in [3.63, 3.8) is 0 Å². The molecule has 0 heterocycles. The molecule has 2 N–H and O–H groups in total. The van der Waals surface area contributed by atoms with Gasteiger partial charge in [0.05, 0.1) is 0 Å². The molecule has 1 aliphatic rings. The van der Waals surface area contributed by atoms with Crippen LogP contribution in [0.4, 0.5) is 4.39 Å². The Labute approximate surface area is 110 Å². The minimum absolute atomic E-state index is 0.135. The Hall–Kier alpha value is -0.890. The molecule has 0 amide bonds. The van der Waals surface area contributed by atoms with E-state index in [0.717, 1.165) is 24.8 Å². The van der Waals surface area contributed by atoms with E-state index in [1.54, 1.807) is 13.0 Å². The fraction of sp³-hybridized carbons (Fsp3) is 0.625. The van der Waals surface area contributed by atoms with Crippen molar-refractivity contribution in [1.29, 1.82) is 0 Å². The Kier molecular flexibility index (Phi) is 3.76. The van der Waals surface area contributed by atoms with Gasteiger partial charge in [-0.15, -0.1) is 0 Å². The monoisotopic (exact) mass is 249 g/mol. The first-order chi connectivity index (χ1) is 8.42. The first-order valence-corrected chi connectivity index (χ1v) is 6.98. The molecule has 18 heavy (non-hydrogen) atoms. The SMILES string of the molecule is Cc1ccc(C2(N)CCCC(C(C)C)C2)cc1F. The summed E-state index contributed by atoms with van der Waals surface area (Å²) in [7, 11) is 0. The molecule has 1 aromatic carbocycles. The smallest absolute Gasteiger partial charge is 0.126 e. The minimum atomic E-state index is -0.332. The lowest BCUT2D eigenvalue weighted by Crippen LogP contribution is -2.42. The molecule has 100 valence electrons. The van der Waals surface area contributed by atoms with E-state index >= 15 is 0 Å². The van der Waals surface area contributed by atoms with Gasteiger partial charge in [-0.2, -0.15) is 0 Å². The molecule has 2 rings (SSSR count). The van der Waals surface area contributed by atoms with Crippen molar-refractivity contribution in [3.05, 3.63) is 35.1 Å². The van der Waals surface area contributed by atoms with Crippen LogP contribution in [0, 0.1) is 24.6 Å². The van der Waals surface area contributed by atoms with Crippen LogP contribution in [0.15, 0.2) is 18.2 Å². The number of hydrogen-bond donors (Lipinski definition) is 1. The van der Waals surface area contributed by atoms with Gasteiger partial charge in [0.1, 0.15) is 5.82 Å². The molecule has 0 saturated heterocycles. The topological polar surface area (TPSA) is 26.0 Å². The van der Waals surface area contributed by atoms with Crippen LogP contribution in [-0.4, -0.2) is 0 Å². The van der Waals surface area contributed by atoms with Crippen molar-refractivity contribution in [2.75, 3.05) is 0 Å². The summed E-state index contributed by atoms with van der Waals surface area (Å²) in [5, 5.41) is 0. The molecule has 1 fully saturated rings. The van der Waals surface area contributed by atoms with Crippen molar-refractivity contribution in [2.45, 2.75) is 52.0 Å². The lowest BCUT2D eigenvalue weighted by atomic mass is 9.69. The third-order valence-corrected chi connectivity index (χ3v) is 4.51. The zero-order valence-electron chi connectivity index (χ0n) is 11.7. The lowest BCUT2D eigenvalue weighted by molar-refractivity contribution is 0.183. The predicted molar refractivity (Wildman–Crippen MR) is 73.8 cm³/mol. The van der Waals surface area contributed by atoms with Gasteiger partial charge in [0.15, 0.2) is 0 Å². The van der Waals surface area contributed by atoms with E-state index in [2.05, 4.69) is 13.8 Å². The number of benzene rings is 1. The Morgan fingerprint density at radius 2 is 2.11 bits per heavy atom. The van der Waals surface area contributed by atoms with Gasteiger partial charge >= 0.3 is 0 Å². The summed E-state index contributed by atoms with van der Waals surface area (Å²) in [5.74, 6) is 1.18. The zero-order valence-corrected chi connectivity index (χ0v) is 11.7. The van der Waals surface area contributed by atoms with E-state index < -0.39 is 0 Å². The molecule has 2 atom stereocenters. The molecular weight excluding hydrogens is 225 g/mol. The molecule has 0 radical (unpaired) electrons. The Bertz CT molecular complexity index is 427. The highest BCUT2D eigenvalue weighted by molar-refractivity contribution is 5.29. The summed E-state index contributed by atoms with van der Waals surface area (Å²) in [5.41, 5.74) is 7.89. The van der Waals surface area contributed by atoms with Crippen molar-refractivity contribution in [3.8, 4) is 0 Å². The van der Waals surface area contributed by atoms with E-state index in [0.29, 0.717) is 17.4 Å². The number of halogens is 1. The maximum absolute atomic E-state index is 13.7.